The van der Waals surface area contributed by atoms with Crippen LogP contribution in [0.1, 0.15) is 31.5 Å². The normalized spacial score (nSPS) is 25.6. The Morgan fingerprint density at radius 1 is 1.67 bits per heavy atom. The summed E-state index contributed by atoms with van der Waals surface area (Å²) in [7, 11) is 5.95. The Balaban J connectivity index is 1.90. The van der Waals surface area contributed by atoms with Crippen molar-refractivity contribution in [3.8, 4) is 0 Å². The molecule has 0 aromatic carbocycles. The molecule has 0 spiro atoms. The highest BCUT2D eigenvalue weighted by Crippen LogP contribution is 2.37. The van der Waals surface area contributed by atoms with Gasteiger partial charge in [-0.1, -0.05) is 6.42 Å². The van der Waals surface area contributed by atoms with Gasteiger partial charge in [0.05, 0.1) is 6.54 Å². The number of likely N-dealkylation sites (N-methyl/N-ethyl adjacent to an activating group) is 1. The van der Waals surface area contributed by atoms with E-state index >= 15 is 0 Å². The minimum Gasteiger partial charge on any atom is -0.368 e. The third kappa shape index (κ3) is 3.27. The predicted octanol–water partition coefficient (Wildman–Crippen LogP) is 0.486. The summed E-state index contributed by atoms with van der Waals surface area (Å²) in [6, 6.07) is 0. The zero-order chi connectivity index (χ0) is 15.5. The lowest BCUT2D eigenvalue weighted by atomic mass is 9.84. The van der Waals surface area contributed by atoms with E-state index in [1.165, 1.54) is 0 Å². The van der Waals surface area contributed by atoms with Crippen LogP contribution in [0, 0.1) is 5.92 Å². The van der Waals surface area contributed by atoms with Crippen LogP contribution in [0.2, 0.25) is 0 Å². The predicted molar refractivity (Wildman–Crippen MR) is 82.5 cm³/mol. The van der Waals surface area contributed by atoms with Crippen molar-refractivity contribution in [2.75, 3.05) is 20.6 Å². The molecule has 1 saturated carbocycles. The van der Waals surface area contributed by atoms with Crippen LogP contribution in [0.5, 0.6) is 0 Å². The van der Waals surface area contributed by atoms with Gasteiger partial charge in [-0.2, -0.15) is 0 Å². The number of amides is 1. The Hall–Kier alpha value is -1.40. The van der Waals surface area contributed by atoms with Gasteiger partial charge in [0.25, 0.3) is 0 Å². The van der Waals surface area contributed by atoms with E-state index in [-0.39, 0.29) is 5.91 Å². The smallest absolute Gasteiger partial charge is 0.238 e. The summed E-state index contributed by atoms with van der Waals surface area (Å²) in [5.41, 5.74) is 5.13. The zero-order valence-corrected chi connectivity index (χ0v) is 13.3. The second-order valence-electron chi connectivity index (χ2n) is 6.16. The van der Waals surface area contributed by atoms with Crippen molar-refractivity contribution in [2.45, 2.75) is 37.8 Å². The van der Waals surface area contributed by atoms with Gasteiger partial charge >= 0.3 is 0 Å². The van der Waals surface area contributed by atoms with Crippen LogP contribution >= 0.6 is 0 Å². The molecule has 21 heavy (non-hydrogen) atoms. The molecule has 3 N–H and O–H groups in total. The monoisotopic (exact) mass is 293 g/mol. The first-order chi connectivity index (χ1) is 9.99. The number of carbonyl (C=O) groups is 1. The van der Waals surface area contributed by atoms with Crippen LogP contribution in [0.25, 0.3) is 0 Å². The number of imidazole rings is 1. The Kier molecular flexibility index (Phi) is 5.00. The molecule has 1 aliphatic carbocycles. The number of primary amides is 1. The number of rotatable bonds is 7. The largest absolute Gasteiger partial charge is 0.368 e. The second kappa shape index (κ2) is 6.58. The van der Waals surface area contributed by atoms with Gasteiger partial charge in [-0.15, -0.1) is 0 Å². The Morgan fingerprint density at radius 3 is 3.00 bits per heavy atom. The fourth-order valence-electron chi connectivity index (χ4n) is 3.49. The Bertz CT molecular complexity index is 486. The van der Waals surface area contributed by atoms with E-state index in [0.717, 1.165) is 44.6 Å². The summed E-state index contributed by atoms with van der Waals surface area (Å²) >= 11 is 0. The fraction of sp³-hybridized carbons (Fsp3) is 0.733. The molecule has 1 fully saturated rings. The van der Waals surface area contributed by atoms with Crippen molar-refractivity contribution in [3.05, 3.63) is 18.2 Å². The highest BCUT2D eigenvalue weighted by Gasteiger charge is 2.46. The van der Waals surface area contributed by atoms with Crippen molar-refractivity contribution in [2.24, 2.45) is 18.7 Å². The molecule has 2 atom stereocenters. The minimum absolute atomic E-state index is 0.209. The maximum atomic E-state index is 11.8. The van der Waals surface area contributed by atoms with Gasteiger partial charge in [0.15, 0.2) is 0 Å². The third-order valence-corrected chi connectivity index (χ3v) is 4.90. The molecular formula is C15H27N5O. The molecular weight excluding hydrogens is 266 g/mol. The lowest BCUT2D eigenvalue weighted by molar-refractivity contribution is -0.125. The maximum Gasteiger partial charge on any atom is 0.238 e. The summed E-state index contributed by atoms with van der Waals surface area (Å²) in [5, 5.41) is 3.20. The molecule has 0 aliphatic heterocycles. The van der Waals surface area contributed by atoms with Crippen molar-refractivity contribution in [3.63, 3.8) is 0 Å². The van der Waals surface area contributed by atoms with Crippen LogP contribution in [0.4, 0.5) is 0 Å². The average Bonchev–Trinajstić information content (AvgIpc) is 3.04. The molecule has 1 aromatic rings. The maximum absolute atomic E-state index is 11.8. The molecule has 1 aromatic heterocycles. The van der Waals surface area contributed by atoms with E-state index in [1.54, 1.807) is 0 Å². The first kappa shape index (κ1) is 16.0. The van der Waals surface area contributed by atoms with Gasteiger partial charge < -0.3 is 15.6 Å². The van der Waals surface area contributed by atoms with Gasteiger partial charge in [-0.05, 0) is 45.8 Å². The minimum atomic E-state index is -0.510. The van der Waals surface area contributed by atoms with Gasteiger partial charge in [-0.3, -0.25) is 9.69 Å². The molecule has 1 heterocycles. The lowest BCUT2D eigenvalue weighted by Crippen LogP contribution is -2.56. The van der Waals surface area contributed by atoms with Crippen LogP contribution in [0.3, 0.4) is 0 Å². The average molecular weight is 293 g/mol. The molecule has 1 aliphatic rings. The number of aryl methyl sites for hydroxylation is 1. The van der Waals surface area contributed by atoms with Crippen molar-refractivity contribution >= 4 is 5.91 Å². The number of nitrogens with one attached hydrogen (secondary N) is 1. The van der Waals surface area contributed by atoms with E-state index < -0.39 is 5.54 Å². The molecule has 0 saturated heterocycles. The van der Waals surface area contributed by atoms with E-state index in [2.05, 4.69) is 22.2 Å². The Morgan fingerprint density at radius 2 is 2.43 bits per heavy atom. The third-order valence-electron chi connectivity index (χ3n) is 4.90. The number of aromatic nitrogens is 2. The summed E-state index contributed by atoms with van der Waals surface area (Å²) in [4.78, 5) is 18.4. The number of carbonyl (C=O) groups excluding carboxylic acids is 1. The van der Waals surface area contributed by atoms with Crippen LogP contribution in [-0.4, -0.2) is 46.5 Å². The van der Waals surface area contributed by atoms with Gasteiger partial charge in [0.2, 0.25) is 5.91 Å². The van der Waals surface area contributed by atoms with Crippen LogP contribution < -0.4 is 11.1 Å². The first-order valence-electron chi connectivity index (χ1n) is 7.63. The number of hydrogen-bond donors (Lipinski definition) is 2. The van der Waals surface area contributed by atoms with Crippen molar-refractivity contribution in [1.82, 2.24) is 19.8 Å². The molecule has 6 heteroatoms. The van der Waals surface area contributed by atoms with E-state index in [4.69, 9.17) is 5.73 Å². The van der Waals surface area contributed by atoms with Gasteiger partial charge in [0, 0.05) is 19.4 Å². The zero-order valence-electron chi connectivity index (χ0n) is 13.3. The molecule has 2 unspecified atom stereocenters. The quantitative estimate of drug-likeness (QED) is 0.767. The fourth-order valence-corrected chi connectivity index (χ4v) is 3.49. The molecule has 1 amide bonds. The second-order valence-corrected chi connectivity index (χ2v) is 6.16. The SMILES string of the molecule is CNC1(C(N)=O)CCCC1CCN(C)Cc1nccn1C. The highest BCUT2D eigenvalue weighted by atomic mass is 16.1. The molecule has 6 nitrogen and oxygen atoms in total. The van der Waals surface area contributed by atoms with Crippen molar-refractivity contribution in [1.29, 1.82) is 0 Å². The number of nitrogens with two attached hydrogens (primary N) is 1. The molecule has 2 rings (SSSR count). The Labute approximate surface area is 126 Å². The molecule has 0 radical (unpaired) electrons. The van der Waals surface area contributed by atoms with Crippen LogP contribution in [0.15, 0.2) is 12.4 Å². The summed E-state index contributed by atoms with van der Waals surface area (Å²) in [6.45, 7) is 1.76. The van der Waals surface area contributed by atoms with Crippen molar-refractivity contribution < 1.29 is 4.79 Å². The number of hydrogen-bond acceptors (Lipinski definition) is 4. The summed E-state index contributed by atoms with van der Waals surface area (Å²) in [5.74, 6) is 1.17. The molecule has 118 valence electrons. The lowest BCUT2D eigenvalue weighted by Gasteiger charge is -2.33. The summed E-state index contributed by atoms with van der Waals surface area (Å²) in [6.07, 6.45) is 7.74. The first-order valence-corrected chi connectivity index (χ1v) is 7.63. The van der Waals surface area contributed by atoms with E-state index in [1.807, 2.05) is 31.1 Å². The highest BCUT2D eigenvalue weighted by molar-refractivity contribution is 5.85. The van der Waals surface area contributed by atoms with Gasteiger partial charge in [0.1, 0.15) is 11.4 Å². The number of nitrogens with zero attached hydrogens (tertiary/aromatic N) is 3. The van der Waals surface area contributed by atoms with Gasteiger partial charge in [-0.25, -0.2) is 4.98 Å². The van der Waals surface area contributed by atoms with E-state index in [9.17, 15) is 4.79 Å². The van der Waals surface area contributed by atoms with E-state index in [0.29, 0.717) is 5.92 Å². The molecule has 0 bridgehead atoms. The van der Waals surface area contributed by atoms with Crippen LogP contribution in [-0.2, 0) is 18.4 Å². The topological polar surface area (TPSA) is 76.2 Å². The standard InChI is InChI=1S/C15H27N5O/c1-17-15(14(16)21)7-4-5-12(15)6-9-19(2)11-13-18-8-10-20(13)3/h8,10,12,17H,4-7,9,11H2,1-3H3,(H2,16,21). The summed E-state index contributed by atoms with van der Waals surface area (Å²) < 4.78 is 2.04.